The highest BCUT2D eigenvalue weighted by Gasteiger charge is 2.10. The molecule has 0 aromatic carbocycles. The van der Waals surface area contributed by atoms with E-state index in [2.05, 4.69) is 6.08 Å². The van der Waals surface area contributed by atoms with Crippen LogP contribution in [0.15, 0.2) is 11.6 Å². The van der Waals surface area contributed by atoms with Crippen LogP contribution in [0.5, 0.6) is 0 Å². The number of hydrogen-bond donors (Lipinski definition) is 2. The van der Waals surface area contributed by atoms with Crippen LogP contribution in [-0.4, -0.2) is 17.8 Å². The van der Waals surface area contributed by atoms with Crippen LogP contribution in [0, 0.1) is 0 Å². The van der Waals surface area contributed by atoms with E-state index in [0.717, 1.165) is 6.42 Å². The van der Waals surface area contributed by atoms with Gasteiger partial charge in [0, 0.05) is 12.6 Å². The van der Waals surface area contributed by atoms with Crippen molar-refractivity contribution in [3.8, 4) is 0 Å². The molecule has 1 unspecified atom stereocenters. The van der Waals surface area contributed by atoms with E-state index in [9.17, 15) is 0 Å². The predicted molar refractivity (Wildman–Crippen MR) is 46.2 cm³/mol. The van der Waals surface area contributed by atoms with E-state index in [1.807, 2.05) is 0 Å². The normalized spacial score (nSPS) is 21.1. The average Bonchev–Trinajstić information content (AvgIpc) is 2.07. The second-order valence-corrected chi connectivity index (χ2v) is 3.14. The summed E-state index contributed by atoms with van der Waals surface area (Å²) in [5.74, 6) is 0. The van der Waals surface area contributed by atoms with Gasteiger partial charge in [-0.1, -0.05) is 11.6 Å². The molecule has 11 heavy (non-hydrogen) atoms. The number of nitrogens with two attached hydrogens (primary N) is 1. The summed E-state index contributed by atoms with van der Waals surface area (Å²) in [6.07, 6.45) is 7.84. The van der Waals surface area contributed by atoms with Crippen LogP contribution < -0.4 is 5.73 Å². The third kappa shape index (κ3) is 2.64. The van der Waals surface area contributed by atoms with Gasteiger partial charge in [0.2, 0.25) is 0 Å². The molecule has 1 atom stereocenters. The monoisotopic (exact) mass is 155 g/mol. The van der Waals surface area contributed by atoms with Gasteiger partial charge < -0.3 is 10.8 Å². The van der Waals surface area contributed by atoms with Crippen LogP contribution in [0.4, 0.5) is 0 Å². The minimum absolute atomic E-state index is 0.111. The molecule has 1 rings (SSSR count). The van der Waals surface area contributed by atoms with E-state index >= 15 is 0 Å². The summed E-state index contributed by atoms with van der Waals surface area (Å²) in [4.78, 5) is 0. The Morgan fingerprint density at radius 3 is 2.91 bits per heavy atom. The summed E-state index contributed by atoms with van der Waals surface area (Å²) in [6.45, 7) is 0.207. The average molecular weight is 155 g/mol. The van der Waals surface area contributed by atoms with Crippen molar-refractivity contribution in [2.75, 3.05) is 6.61 Å². The Morgan fingerprint density at radius 1 is 1.55 bits per heavy atom. The summed E-state index contributed by atoms with van der Waals surface area (Å²) in [7, 11) is 0. The van der Waals surface area contributed by atoms with Crippen molar-refractivity contribution >= 4 is 0 Å². The lowest BCUT2D eigenvalue weighted by Crippen LogP contribution is -2.24. The molecule has 0 aliphatic heterocycles. The SMILES string of the molecule is NC(CCO)C1=CCCCC1. The van der Waals surface area contributed by atoms with Gasteiger partial charge in [-0.2, -0.15) is 0 Å². The summed E-state index contributed by atoms with van der Waals surface area (Å²) < 4.78 is 0. The molecule has 0 bridgehead atoms. The van der Waals surface area contributed by atoms with E-state index in [4.69, 9.17) is 10.8 Å². The molecule has 0 saturated carbocycles. The van der Waals surface area contributed by atoms with Gasteiger partial charge >= 0.3 is 0 Å². The zero-order valence-electron chi connectivity index (χ0n) is 6.92. The Hall–Kier alpha value is -0.340. The molecule has 2 heteroatoms. The van der Waals surface area contributed by atoms with E-state index < -0.39 is 0 Å². The first kappa shape index (κ1) is 8.75. The molecule has 0 spiro atoms. The Kier molecular flexibility index (Phi) is 3.60. The molecular weight excluding hydrogens is 138 g/mol. The first-order valence-electron chi connectivity index (χ1n) is 4.40. The van der Waals surface area contributed by atoms with Gasteiger partial charge in [-0.3, -0.25) is 0 Å². The standard InChI is InChI=1S/C9H17NO/c10-9(6-7-11)8-4-2-1-3-5-8/h4,9,11H,1-3,5-7,10H2. The van der Waals surface area contributed by atoms with E-state index in [-0.39, 0.29) is 12.6 Å². The number of aliphatic hydroxyl groups excluding tert-OH is 1. The van der Waals surface area contributed by atoms with Crippen LogP contribution in [0.3, 0.4) is 0 Å². The molecule has 64 valence electrons. The lowest BCUT2D eigenvalue weighted by atomic mass is 9.93. The molecule has 2 nitrogen and oxygen atoms in total. The fraction of sp³-hybridized carbons (Fsp3) is 0.778. The zero-order chi connectivity index (χ0) is 8.10. The van der Waals surface area contributed by atoms with E-state index in [0.29, 0.717) is 6.42 Å². The number of aliphatic hydroxyl groups is 1. The maximum Gasteiger partial charge on any atom is 0.0448 e. The lowest BCUT2D eigenvalue weighted by Gasteiger charge is -2.18. The van der Waals surface area contributed by atoms with Crippen molar-refractivity contribution in [1.82, 2.24) is 0 Å². The molecule has 0 saturated heterocycles. The summed E-state index contributed by atoms with van der Waals surface area (Å²) >= 11 is 0. The molecule has 0 aromatic heterocycles. The number of rotatable bonds is 3. The van der Waals surface area contributed by atoms with Crippen molar-refractivity contribution in [3.05, 3.63) is 11.6 Å². The molecule has 0 fully saturated rings. The minimum atomic E-state index is 0.111. The minimum Gasteiger partial charge on any atom is -0.396 e. The Labute approximate surface area is 68.1 Å². The second-order valence-electron chi connectivity index (χ2n) is 3.14. The molecule has 0 heterocycles. The van der Waals surface area contributed by atoms with Crippen molar-refractivity contribution in [3.63, 3.8) is 0 Å². The third-order valence-electron chi connectivity index (χ3n) is 2.24. The molecule has 0 radical (unpaired) electrons. The van der Waals surface area contributed by atoms with Crippen LogP contribution >= 0.6 is 0 Å². The third-order valence-corrected chi connectivity index (χ3v) is 2.24. The Bertz CT molecular complexity index is 142. The Morgan fingerprint density at radius 2 is 2.36 bits per heavy atom. The van der Waals surface area contributed by atoms with Gasteiger partial charge in [0.15, 0.2) is 0 Å². The summed E-state index contributed by atoms with van der Waals surface area (Å²) in [5.41, 5.74) is 7.18. The van der Waals surface area contributed by atoms with Crippen LogP contribution in [-0.2, 0) is 0 Å². The molecular formula is C9H17NO. The van der Waals surface area contributed by atoms with Crippen molar-refractivity contribution in [1.29, 1.82) is 0 Å². The molecule has 1 aliphatic carbocycles. The first-order valence-corrected chi connectivity index (χ1v) is 4.40. The molecule has 0 aromatic rings. The van der Waals surface area contributed by atoms with Gasteiger partial charge in [0.05, 0.1) is 0 Å². The van der Waals surface area contributed by atoms with Gasteiger partial charge in [0.1, 0.15) is 0 Å². The van der Waals surface area contributed by atoms with Crippen molar-refractivity contribution < 1.29 is 5.11 Å². The van der Waals surface area contributed by atoms with Crippen LogP contribution in [0.25, 0.3) is 0 Å². The molecule has 1 aliphatic rings. The predicted octanol–water partition coefficient (Wildman–Crippen LogP) is 1.20. The summed E-state index contributed by atoms with van der Waals surface area (Å²) in [6, 6.07) is 0.111. The van der Waals surface area contributed by atoms with E-state index in [1.165, 1.54) is 24.8 Å². The van der Waals surface area contributed by atoms with Crippen LogP contribution in [0.1, 0.15) is 32.1 Å². The van der Waals surface area contributed by atoms with Gasteiger partial charge in [0.25, 0.3) is 0 Å². The quantitative estimate of drug-likeness (QED) is 0.601. The maximum absolute atomic E-state index is 8.66. The van der Waals surface area contributed by atoms with Gasteiger partial charge in [-0.05, 0) is 32.1 Å². The maximum atomic E-state index is 8.66. The first-order chi connectivity index (χ1) is 5.34. The smallest absolute Gasteiger partial charge is 0.0448 e. The van der Waals surface area contributed by atoms with Crippen LogP contribution in [0.2, 0.25) is 0 Å². The number of hydrogen-bond acceptors (Lipinski definition) is 2. The summed E-state index contributed by atoms with van der Waals surface area (Å²) in [5, 5.41) is 8.66. The lowest BCUT2D eigenvalue weighted by molar-refractivity contribution is 0.280. The Balaban J connectivity index is 2.37. The fourth-order valence-electron chi connectivity index (χ4n) is 1.52. The highest BCUT2D eigenvalue weighted by molar-refractivity contribution is 5.11. The van der Waals surface area contributed by atoms with Crippen molar-refractivity contribution in [2.24, 2.45) is 5.73 Å². The largest absolute Gasteiger partial charge is 0.396 e. The highest BCUT2D eigenvalue weighted by Crippen LogP contribution is 2.20. The molecule has 0 amide bonds. The van der Waals surface area contributed by atoms with Gasteiger partial charge in [-0.15, -0.1) is 0 Å². The second kappa shape index (κ2) is 4.52. The number of allylic oxidation sites excluding steroid dienone is 1. The fourth-order valence-corrected chi connectivity index (χ4v) is 1.52. The van der Waals surface area contributed by atoms with Crippen molar-refractivity contribution in [2.45, 2.75) is 38.1 Å². The molecule has 3 N–H and O–H groups in total. The zero-order valence-corrected chi connectivity index (χ0v) is 6.92. The topological polar surface area (TPSA) is 46.2 Å². The highest BCUT2D eigenvalue weighted by atomic mass is 16.3. The van der Waals surface area contributed by atoms with Gasteiger partial charge in [-0.25, -0.2) is 0 Å². The van der Waals surface area contributed by atoms with E-state index in [1.54, 1.807) is 0 Å².